The molecule has 0 bridgehead atoms. The molecule has 13 heavy (non-hydrogen) atoms. The van der Waals surface area contributed by atoms with Crippen LogP contribution in [0.5, 0.6) is 0 Å². The van der Waals surface area contributed by atoms with E-state index in [9.17, 15) is 0 Å². The van der Waals surface area contributed by atoms with Crippen LogP contribution in [0.2, 0.25) is 0 Å². The first-order valence-electron chi connectivity index (χ1n) is 5.08. The molecule has 68 valence electrons. The van der Waals surface area contributed by atoms with Crippen molar-refractivity contribution < 1.29 is 0 Å². The number of fused-ring (bicyclic) bond motifs is 1. The van der Waals surface area contributed by atoms with Crippen LogP contribution in [0.3, 0.4) is 0 Å². The summed E-state index contributed by atoms with van der Waals surface area (Å²) < 4.78 is 0. The number of allylic oxidation sites excluding steroid dienone is 1. The quantitative estimate of drug-likeness (QED) is 0.600. The van der Waals surface area contributed by atoms with E-state index in [1.54, 1.807) is 11.1 Å². The largest absolute Gasteiger partial charge is 0.103 e. The lowest BCUT2D eigenvalue weighted by molar-refractivity contribution is 0.464. The summed E-state index contributed by atoms with van der Waals surface area (Å²) in [4.78, 5) is 0. The molecule has 0 nitrogen and oxygen atoms in total. The van der Waals surface area contributed by atoms with Crippen molar-refractivity contribution in [3.8, 4) is 0 Å². The third-order valence-electron chi connectivity index (χ3n) is 2.95. The standard InChI is InChI=1S/C13H16/c1-2-5-11-8-9-12-6-3-4-7-13(12)10-11/h2-4,6-7,11H,1,5,8-10H2/t11-/m0/s1. The van der Waals surface area contributed by atoms with Crippen molar-refractivity contribution in [2.45, 2.75) is 25.7 Å². The van der Waals surface area contributed by atoms with Crippen molar-refractivity contribution in [1.82, 2.24) is 0 Å². The zero-order valence-corrected chi connectivity index (χ0v) is 8.00. The zero-order chi connectivity index (χ0) is 9.10. The van der Waals surface area contributed by atoms with Gasteiger partial charge >= 0.3 is 0 Å². The van der Waals surface area contributed by atoms with E-state index >= 15 is 0 Å². The molecule has 0 radical (unpaired) electrons. The van der Waals surface area contributed by atoms with Crippen LogP contribution in [0.4, 0.5) is 0 Å². The summed E-state index contributed by atoms with van der Waals surface area (Å²) in [6.07, 6.45) is 7.08. The minimum absolute atomic E-state index is 0.840. The molecular formula is C13H16. The summed E-state index contributed by atoms with van der Waals surface area (Å²) in [7, 11) is 0. The van der Waals surface area contributed by atoms with Crippen LogP contribution < -0.4 is 0 Å². The predicted molar refractivity (Wildman–Crippen MR) is 56.8 cm³/mol. The van der Waals surface area contributed by atoms with Gasteiger partial charge in [0.1, 0.15) is 0 Å². The van der Waals surface area contributed by atoms with Gasteiger partial charge in [-0.3, -0.25) is 0 Å². The van der Waals surface area contributed by atoms with Gasteiger partial charge in [0, 0.05) is 0 Å². The van der Waals surface area contributed by atoms with Gasteiger partial charge in [-0.2, -0.15) is 0 Å². The van der Waals surface area contributed by atoms with Crippen molar-refractivity contribution in [3.05, 3.63) is 48.0 Å². The molecule has 0 aromatic heterocycles. The fourth-order valence-electron chi connectivity index (χ4n) is 2.21. The van der Waals surface area contributed by atoms with Crippen LogP contribution in [-0.2, 0) is 12.8 Å². The van der Waals surface area contributed by atoms with Crippen molar-refractivity contribution in [2.75, 3.05) is 0 Å². The molecule has 0 saturated carbocycles. The Kier molecular flexibility index (Phi) is 2.49. The maximum atomic E-state index is 3.81. The minimum Gasteiger partial charge on any atom is -0.103 e. The molecule has 1 aromatic rings. The Balaban J connectivity index is 2.15. The number of aryl methyl sites for hydroxylation is 1. The maximum absolute atomic E-state index is 3.81. The second-order valence-electron chi connectivity index (χ2n) is 3.90. The lowest BCUT2D eigenvalue weighted by Crippen LogP contribution is -2.13. The summed E-state index contributed by atoms with van der Waals surface area (Å²) in [5.41, 5.74) is 3.11. The average molecular weight is 172 g/mol. The Morgan fingerprint density at radius 2 is 2.08 bits per heavy atom. The lowest BCUT2D eigenvalue weighted by atomic mass is 9.82. The van der Waals surface area contributed by atoms with E-state index in [0.29, 0.717) is 0 Å². The first-order valence-corrected chi connectivity index (χ1v) is 5.08. The Labute approximate surface area is 80.3 Å². The van der Waals surface area contributed by atoms with E-state index in [1.165, 1.54) is 25.7 Å². The highest BCUT2D eigenvalue weighted by atomic mass is 14.2. The van der Waals surface area contributed by atoms with Crippen LogP contribution in [0.1, 0.15) is 24.0 Å². The molecular weight excluding hydrogens is 156 g/mol. The highest BCUT2D eigenvalue weighted by Crippen LogP contribution is 2.27. The molecule has 0 aliphatic heterocycles. The summed E-state index contributed by atoms with van der Waals surface area (Å²) >= 11 is 0. The molecule has 2 rings (SSSR count). The Bertz CT molecular complexity index is 299. The zero-order valence-electron chi connectivity index (χ0n) is 8.00. The number of hydrogen-bond donors (Lipinski definition) is 0. The van der Waals surface area contributed by atoms with Gasteiger partial charge < -0.3 is 0 Å². The van der Waals surface area contributed by atoms with Crippen LogP contribution in [0.15, 0.2) is 36.9 Å². The first kappa shape index (κ1) is 8.55. The van der Waals surface area contributed by atoms with Gasteiger partial charge in [0.05, 0.1) is 0 Å². The van der Waals surface area contributed by atoms with Gasteiger partial charge in [-0.05, 0) is 42.7 Å². The molecule has 0 unspecified atom stereocenters. The highest BCUT2D eigenvalue weighted by molar-refractivity contribution is 5.29. The van der Waals surface area contributed by atoms with Crippen molar-refractivity contribution in [1.29, 1.82) is 0 Å². The monoisotopic (exact) mass is 172 g/mol. The predicted octanol–water partition coefficient (Wildman–Crippen LogP) is 3.37. The van der Waals surface area contributed by atoms with Crippen LogP contribution in [0, 0.1) is 5.92 Å². The van der Waals surface area contributed by atoms with Gasteiger partial charge in [0.2, 0.25) is 0 Å². The van der Waals surface area contributed by atoms with E-state index in [0.717, 1.165) is 5.92 Å². The van der Waals surface area contributed by atoms with E-state index in [1.807, 2.05) is 0 Å². The Hall–Kier alpha value is -1.04. The number of benzene rings is 1. The van der Waals surface area contributed by atoms with Crippen molar-refractivity contribution >= 4 is 0 Å². The average Bonchev–Trinajstić information content (AvgIpc) is 2.18. The molecule has 1 aliphatic rings. The molecule has 0 N–H and O–H groups in total. The second kappa shape index (κ2) is 3.78. The Morgan fingerprint density at radius 1 is 1.31 bits per heavy atom. The fourth-order valence-corrected chi connectivity index (χ4v) is 2.21. The van der Waals surface area contributed by atoms with Gasteiger partial charge in [0.15, 0.2) is 0 Å². The van der Waals surface area contributed by atoms with Crippen LogP contribution in [0.25, 0.3) is 0 Å². The maximum Gasteiger partial charge on any atom is -0.0245 e. The summed E-state index contributed by atoms with van der Waals surface area (Å²) in [6.45, 7) is 3.81. The van der Waals surface area contributed by atoms with Gasteiger partial charge in [-0.25, -0.2) is 0 Å². The van der Waals surface area contributed by atoms with Crippen LogP contribution in [-0.4, -0.2) is 0 Å². The summed E-state index contributed by atoms with van der Waals surface area (Å²) in [5.74, 6) is 0.840. The third-order valence-corrected chi connectivity index (χ3v) is 2.95. The summed E-state index contributed by atoms with van der Waals surface area (Å²) in [6, 6.07) is 8.83. The van der Waals surface area contributed by atoms with E-state index in [2.05, 4.69) is 36.9 Å². The fraction of sp³-hybridized carbons (Fsp3) is 0.385. The molecule has 1 aliphatic carbocycles. The molecule has 0 spiro atoms. The summed E-state index contributed by atoms with van der Waals surface area (Å²) in [5, 5.41) is 0. The third kappa shape index (κ3) is 1.82. The van der Waals surface area contributed by atoms with E-state index < -0.39 is 0 Å². The highest BCUT2D eigenvalue weighted by Gasteiger charge is 2.16. The van der Waals surface area contributed by atoms with Gasteiger partial charge in [-0.15, -0.1) is 6.58 Å². The normalized spacial score (nSPS) is 20.8. The van der Waals surface area contributed by atoms with E-state index in [-0.39, 0.29) is 0 Å². The molecule has 0 amide bonds. The lowest BCUT2D eigenvalue weighted by Gasteiger charge is -2.23. The van der Waals surface area contributed by atoms with Crippen molar-refractivity contribution in [2.24, 2.45) is 5.92 Å². The van der Waals surface area contributed by atoms with E-state index in [4.69, 9.17) is 0 Å². The SMILES string of the molecule is C=CC[C@H]1CCc2ccccc2C1. The Morgan fingerprint density at radius 3 is 2.85 bits per heavy atom. The number of rotatable bonds is 2. The van der Waals surface area contributed by atoms with Crippen molar-refractivity contribution in [3.63, 3.8) is 0 Å². The smallest absolute Gasteiger partial charge is 0.0245 e. The molecule has 0 saturated heterocycles. The minimum atomic E-state index is 0.840. The molecule has 0 fully saturated rings. The molecule has 1 atom stereocenters. The van der Waals surface area contributed by atoms with Gasteiger partial charge in [-0.1, -0.05) is 30.3 Å². The first-order chi connectivity index (χ1) is 6.40. The second-order valence-corrected chi connectivity index (χ2v) is 3.90. The van der Waals surface area contributed by atoms with Gasteiger partial charge in [0.25, 0.3) is 0 Å². The molecule has 1 aromatic carbocycles. The molecule has 0 heteroatoms. The number of hydrogen-bond acceptors (Lipinski definition) is 0. The topological polar surface area (TPSA) is 0 Å². The van der Waals surface area contributed by atoms with Crippen LogP contribution >= 0.6 is 0 Å². The molecule has 0 heterocycles.